The van der Waals surface area contributed by atoms with Gasteiger partial charge in [-0.2, -0.15) is 5.26 Å². The third-order valence-electron chi connectivity index (χ3n) is 3.61. The number of nitrogens with one attached hydrogen (secondary N) is 2. The standard InChI is InChI=1S/C20H13ClN4O2/c21-15-4-6-16(7-5-15)24-20(27)18-11-14(8-9-23-18)19(26)25-17-3-1-2-13(10-17)12-22/h1-11H,(H,24,27)(H,25,26). The zero-order valence-corrected chi connectivity index (χ0v) is 14.7. The zero-order chi connectivity index (χ0) is 19.2. The molecule has 0 aliphatic heterocycles. The average molecular weight is 377 g/mol. The molecule has 2 amide bonds. The molecule has 7 heteroatoms. The van der Waals surface area contributed by atoms with Crippen molar-refractivity contribution < 1.29 is 9.59 Å². The van der Waals surface area contributed by atoms with Crippen LogP contribution in [0, 0.1) is 11.3 Å². The van der Waals surface area contributed by atoms with Gasteiger partial charge in [-0.1, -0.05) is 17.7 Å². The Morgan fingerprint density at radius 2 is 1.67 bits per heavy atom. The summed E-state index contributed by atoms with van der Waals surface area (Å²) >= 11 is 5.82. The highest BCUT2D eigenvalue weighted by Crippen LogP contribution is 2.15. The first-order chi connectivity index (χ1) is 13.0. The van der Waals surface area contributed by atoms with E-state index in [-0.39, 0.29) is 11.3 Å². The van der Waals surface area contributed by atoms with Crippen molar-refractivity contribution in [2.45, 2.75) is 0 Å². The predicted octanol–water partition coefficient (Wildman–Crippen LogP) is 4.11. The van der Waals surface area contributed by atoms with Gasteiger partial charge < -0.3 is 10.6 Å². The second-order valence-electron chi connectivity index (χ2n) is 5.54. The van der Waals surface area contributed by atoms with Gasteiger partial charge in [0.15, 0.2) is 0 Å². The molecule has 27 heavy (non-hydrogen) atoms. The van der Waals surface area contributed by atoms with E-state index >= 15 is 0 Å². The summed E-state index contributed by atoms with van der Waals surface area (Å²) in [4.78, 5) is 28.8. The lowest BCUT2D eigenvalue weighted by atomic mass is 10.2. The number of nitriles is 1. The van der Waals surface area contributed by atoms with Crippen LogP contribution in [0.1, 0.15) is 26.4 Å². The summed E-state index contributed by atoms with van der Waals surface area (Å²) in [7, 11) is 0. The van der Waals surface area contributed by atoms with Crippen molar-refractivity contribution in [1.29, 1.82) is 5.26 Å². The maximum absolute atomic E-state index is 12.4. The lowest BCUT2D eigenvalue weighted by Crippen LogP contribution is -2.17. The van der Waals surface area contributed by atoms with Gasteiger partial charge >= 0.3 is 0 Å². The van der Waals surface area contributed by atoms with Gasteiger partial charge in [-0.3, -0.25) is 14.6 Å². The van der Waals surface area contributed by atoms with Crippen molar-refractivity contribution in [3.63, 3.8) is 0 Å². The summed E-state index contributed by atoms with van der Waals surface area (Å²) < 4.78 is 0. The minimum absolute atomic E-state index is 0.100. The van der Waals surface area contributed by atoms with Crippen LogP contribution in [0.5, 0.6) is 0 Å². The van der Waals surface area contributed by atoms with E-state index in [9.17, 15) is 9.59 Å². The zero-order valence-electron chi connectivity index (χ0n) is 13.9. The quantitative estimate of drug-likeness (QED) is 0.716. The molecule has 6 nitrogen and oxygen atoms in total. The highest BCUT2D eigenvalue weighted by Gasteiger charge is 2.12. The number of hydrogen-bond acceptors (Lipinski definition) is 4. The number of pyridine rings is 1. The van der Waals surface area contributed by atoms with Gasteiger partial charge in [0.25, 0.3) is 11.8 Å². The number of carbonyl (C=O) groups excluding carboxylic acids is 2. The summed E-state index contributed by atoms with van der Waals surface area (Å²) in [6.45, 7) is 0. The molecule has 0 saturated carbocycles. The van der Waals surface area contributed by atoms with Crippen molar-refractivity contribution in [2.75, 3.05) is 10.6 Å². The number of rotatable bonds is 4. The third kappa shape index (κ3) is 4.69. The van der Waals surface area contributed by atoms with Crippen LogP contribution in [0.4, 0.5) is 11.4 Å². The first kappa shape index (κ1) is 18.1. The number of benzene rings is 2. The second kappa shape index (κ2) is 8.13. The Hall–Kier alpha value is -3.69. The average Bonchev–Trinajstić information content (AvgIpc) is 2.70. The molecule has 2 N–H and O–H groups in total. The largest absolute Gasteiger partial charge is 0.322 e. The van der Waals surface area contributed by atoms with E-state index in [2.05, 4.69) is 15.6 Å². The summed E-state index contributed by atoms with van der Waals surface area (Å²) in [5.41, 5.74) is 1.86. The molecular weight excluding hydrogens is 364 g/mol. The highest BCUT2D eigenvalue weighted by molar-refractivity contribution is 6.30. The van der Waals surface area contributed by atoms with Crippen LogP contribution < -0.4 is 10.6 Å². The summed E-state index contributed by atoms with van der Waals surface area (Å²) in [6, 6.07) is 18.1. The molecular formula is C20H13ClN4O2. The first-order valence-electron chi connectivity index (χ1n) is 7.89. The third-order valence-corrected chi connectivity index (χ3v) is 3.86. The minimum atomic E-state index is -0.446. The Labute approximate surface area is 160 Å². The Bertz CT molecular complexity index is 1040. The smallest absolute Gasteiger partial charge is 0.274 e. The Morgan fingerprint density at radius 3 is 2.41 bits per heavy atom. The van der Waals surface area contributed by atoms with E-state index in [1.807, 2.05) is 6.07 Å². The fourth-order valence-corrected chi connectivity index (χ4v) is 2.42. The maximum atomic E-state index is 12.4. The number of carbonyl (C=O) groups is 2. The molecule has 2 aromatic carbocycles. The normalized spacial score (nSPS) is 9.93. The number of halogens is 1. The SMILES string of the molecule is N#Cc1cccc(NC(=O)c2ccnc(C(=O)Nc3ccc(Cl)cc3)c2)c1. The van der Waals surface area contributed by atoms with Crippen LogP contribution in [-0.4, -0.2) is 16.8 Å². The van der Waals surface area contributed by atoms with Gasteiger partial charge in [-0.05, 0) is 54.6 Å². The van der Waals surface area contributed by atoms with E-state index in [4.69, 9.17) is 16.9 Å². The Kier molecular flexibility index (Phi) is 5.45. The topological polar surface area (TPSA) is 94.9 Å². The van der Waals surface area contributed by atoms with Gasteiger partial charge in [0.1, 0.15) is 5.69 Å². The lowest BCUT2D eigenvalue weighted by molar-refractivity contribution is 0.102. The molecule has 0 atom stereocenters. The molecule has 0 aliphatic carbocycles. The van der Waals surface area contributed by atoms with E-state index in [0.717, 1.165) is 0 Å². The highest BCUT2D eigenvalue weighted by atomic mass is 35.5. The van der Waals surface area contributed by atoms with E-state index < -0.39 is 11.8 Å². The summed E-state index contributed by atoms with van der Waals surface area (Å²) in [6.07, 6.45) is 1.39. The van der Waals surface area contributed by atoms with Gasteiger partial charge in [-0.25, -0.2) is 0 Å². The molecule has 1 heterocycles. The fourth-order valence-electron chi connectivity index (χ4n) is 2.29. The predicted molar refractivity (Wildman–Crippen MR) is 103 cm³/mol. The molecule has 0 bridgehead atoms. The molecule has 132 valence electrons. The maximum Gasteiger partial charge on any atom is 0.274 e. The van der Waals surface area contributed by atoms with Gasteiger partial charge in [0, 0.05) is 28.2 Å². The van der Waals surface area contributed by atoms with Crippen molar-refractivity contribution in [1.82, 2.24) is 4.98 Å². The molecule has 0 unspecified atom stereocenters. The van der Waals surface area contributed by atoms with Crippen LogP contribution in [-0.2, 0) is 0 Å². The number of nitrogens with zero attached hydrogens (tertiary/aromatic N) is 2. The summed E-state index contributed by atoms with van der Waals surface area (Å²) in [5.74, 6) is -0.855. The first-order valence-corrected chi connectivity index (χ1v) is 8.27. The number of aromatic nitrogens is 1. The molecule has 3 rings (SSSR count). The molecule has 0 aliphatic rings. The van der Waals surface area contributed by atoms with Crippen molar-refractivity contribution >= 4 is 34.8 Å². The van der Waals surface area contributed by atoms with E-state index in [1.54, 1.807) is 48.5 Å². The molecule has 1 aromatic heterocycles. The van der Waals surface area contributed by atoms with E-state index in [0.29, 0.717) is 22.0 Å². The Balaban J connectivity index is 1.74. The monoisotopic (exact) mass is 376 g/mol. The Morgan fingerprint density at radius 1 is 0.926 bits per heavy atom. The molecule has 0 saturated heterocycles. The molecule has 0 radical (unpaired) electrons. The van der Waals surface area contributed by atoms with Crippen molar-refractivity contribution in [2.24, 2.45) is 0 Å². The second-order valence-corrected chi connectivity index (χ2v) is 5.97. The summed E-state index contributed by atoms with van der Waals surface area (Å²) in [5, 5.41) is 14.9. The molecule has 3 aromatic rings. The van der Waals surface area contributed by atoms with Gasteiger partial charge in [0.05, 0.1) is 11.6 Å². The van der Waals surface area contributed by atoms with Gasteiger partial charge in [0.2, 0.25) is 0 Å². The fraction of sp³-hybridized carbons (Fsp3) is 0. The van der Waals surface area contributed by atoms with Crippen LogP contribution >= 0.6 is 11.6 Å². The van der Waals surface area contributed by atoms with Crippen molar-refractivity contribution in [3.8, 4) is 6.07 Å². The van der Waals surface area contributed by atoms with Crippen LogP contribution in [0.25, 0.3) is 0 Å². The number of anilines is 2. The number of amides is 2. The molecule has 0 fully saturated rings. The van der Waals surface area contributed by atoms with Crippen LogP contribution in [0.3, 0.4) is 0 Å². The van der Waals surface area contributed by atoms with Crippen LogP contribution in [0.15, 0.2) is 66.9 Å². The van der Waals surface area contributed by atoms with Gasteiger partial charge in [-0.15, -0.1) is 0 Å². The molecule has 0 spiro atoms. The lowest BCUT2D eigenvalue weighted by Gasteiger charge is -2.08. The minimum Gasteiger partial charge on any atom is -0.322 e. The van der Waals surface area contributed by atoms with E-state index in [1.165, 1.54) is 18.3 Å². The van der Waals surface area contributed by atoms with Crippen molar-refractivity contribution in [3.05, 3.63) is 88.7 Å². The van der Waals surface area contributed by atoms with Crippen LogP contribution in [0.2, 0.25) is 5.02 Å². The number of hydrogen-bond donors (Lipinski definition) is 2.